The van der Waals surface area contributed by atoms with Crippen molar-refractivity contribution >= 4 is 16.0 Å². The molecule has 4 fully saturated rings. The van der Waals surface area contributed by atoms with Crippen LogP contribution in [0.1, 0.15) is 44.9 Å². The average molecular weight is 316 g/mol. The van der Waals surface area contributed by atoms with E-state index in [0.717, 1.165) is 37.0 Å². The molecular weight excluding hydrogens is 292 g/mol. The lowest BCUT2D eigenvalue weighted by atomic mass is 9.53. The lowest BCUT2D eigenvalue weighted by Gasteiger charge is -2.57. The van der Waals surface area contributed by atoms with E-state index in [4.69, 9.17) is 10.3 Å². The molecule has 21 heavy (non-hydrogen) atoms. The first-order valence-corrected chi connectivity index (χ1v) is 9.38. The van der Waals surface area contributed by atoms with E-state index in [9.17, 15) is 13.2 Å². The zero-order valence-corrected chi connectivity index (χ0v) is 12.9. The van der Waals surface area contributed by atoms with Crippen molar-refractivity contribution in [3.63, 3.8) is 0 Å². The van der Waals surface area contributed by atoms with Crippen LogP contribution in [0.25, 0.3) is 0 Å². The number of carbonyl (C=O) groups is 1. The Labute approximate surface area is 125 Å². The van der Waals surface area contributed by atoms with Crippen LogP contribution in [0.5, 0.6) is 0 Å². The largest absolute Gasteiger partial charge is 0.349 e. The Kier molecular flexibility index (Phi) is 3.78. The molecule has 120 valence electrons. The molecule has 0 aromatic heterocycles. The van der Waals surface area contributed by atoms with Gasteiger partial charge in [0.05, 0.1) is 11.8 Å². The van der Waals surface area contributed by atoms with Gasteiger partial charge in [0.1, 0.15) is 0 Å². The number of nitrogens with one attached hydrogen (secondary N) is 1. The molecule has 4 N–H and O–H groups in total. The number of nitrogens with two attached hydrogens (primary N) is 1. The molecule has 4 aliphatic rings. The zero-order chi connectivity index (χ0) is 15.3. The first-order valence-electron chi connectivity index (χ1n) is 7.77. The van der Waals surface area contributed by atoms with Crippen LogP contribution in [0.3, 0.4) is 0 Å². The normalized spacial score (nSPS) is 39.2. The van der Waals surface area contributed by atoms with Gasteiger partial charge in [0.25, 0.3) is 10.1 Å². The molecule has 1 amide bonds. The minimum atomic E-state index is -4.07. The maximum atomic E-state index is 12.2. The Morgan fingerprint density at radius 2 is 1.67 bits per heavy atom. The third-order valence-corrected chi connectivity index (χ3v) is 6.20. The van der Waals surface area contributed by atoms with Crippen LogP contribution >= 0.6 is 0 Å². The number of amides is 1. The fourth-order valence-electron chi connectivity index (χ4n) is 5.02. The van der Waals surface area contributed by atoms with Gasteiger partial charge in [-0.1, -0.05) is 0 Å². The van der Waals surface area contributed by atoms with Gasteiger partial charge in [0, 0.05) is 5.54 Å². The number of carbonyl (C=O) groups excluding carboxylic acids is 1. The highest BCUT2D eigenvalue weighted by Gasteiger charge is 2.51. The Morgan fingerprint density at radius 3 is 2.10 bits per heavy atom. The first kappa shape index (κ1) is 15.2. The predicted molar refractivity (Wildman–Crippen MR) is 78.1 cm³/mol. The summed E-state index contributed by atoms with van der Waals surface area (Å²) in [6, 6.07) is -0.875. The van der Waals surface area contributed by atoms with Crippen molar-refractivity contribution in [1.82, 2.24) is 5.32 Å². The lowest BCUT2D eigenvalue weighted by Crippen LogP contribution is -2.62. The average Bonchev–Trinajstić information content (AvgIpc) is 2.32. The summed E-state index contributed by atoms with van der Waals surface area (Å²) < 4.78 is 30.2. The van der Waals surface area contributed by atoms with Crippen LogP contribution in [-0.4, -0.2) is 36.2 Å². The van der Waals surface area contributed by atoms with Crippen molar-refractivity contribution in [2.45, 2.75) is 56.5 Å². The molecule has 7 heteroatoms. The van der Waals surface area contributed by atoms with Crippen LogP contribution in [0, 0.1) is 17.8 Å². The van der Waals surface area contributed by atoms with Crippen molar-refractivity contribution in [3.05, 3.63) is 0 Å². The molecule has 0 radical (unpaired) electrons. The molecule has 4 bridgehead atoms. The topological polar surface area (TPSA) is 109 Å². The van der Waals surface area contributed by atoms with E-state index in [0.29, 0.717) is 0 Å². The summed E-state index contributed by atoms with van der Waals surface area (Å²) in [5.41, 5.74) is 5.66. The van der Waals surface area contributed by atoms with Crippen molar-refractivity contribution in [2.24, 2.45) is 23.5 Å². The molecule has 0 aliphatic heterocycles. The summed E-state index contributed by atoms with van der Waals surface area (Å²) >= 11 is 0. The van der Waals surface area contributed by atoms with E-state index in [2.05, 4.69) is 5.32 Å². The third-order valence-electron chi connectivity index (χ3n) is 5.45. The summed E-state index contributed by atoms with van der Waals surface area (Å²) in [5, 5.41) is 3.12. The molecule has 4 rings (SSSR count). The van der Waals surface area contributed by atoms with Gasteiger partial charge in [-0.05, 0) is 62.7 Å². The molecule has 0 heterocycles. The van der Waals surface area contributed by atoms with Crippen molar-refractivity contribution < 1.29 is 17.8 Å². The molecule has 0 spiro atoms. The van der Waals surface area contributed by atoms with Gasteiger partial charge in [-0.2, -0.15) is 8.42 Å². The van der Waals surface area contributed by atoms with E-state index < -0.39 is 21.9 Å². The molecule has 1 atom stereocenters. The van der Waals surface area contributed by atoms with Crippen LogP contribution in [-0.2, 0) is 14.9 Å². The summed E-state index contributed by atoms with van der Waals surface area (Å²) in [4.78, 5) is 12.2. The van der Waals surface area contributed by atoms with E-state index in [1.54, 1.807) is 0 Å². The quantitative estimate of drug-likeness (QED) is 0.646. The Balaban J connectivity index is 1.59. The summed E-state index contributed by atoms with van der Waals surface area (Å²) in [5.74, 6) is 1.44. The second kappa shape index (κ2) is 5.21. The monoisotopic (exact) mass is 316 g/mol. The van der Waals surface area contributed by atoms with Crippen LogP contribution in [0.15, 0.2) is 0 Å². The third kappa shape index (κ3) is 3.40. The van der Waals surface area contributed by atoms with Gasteiger partial charge >= 0.3 is 0 Å². The van der Waals surface area contributed by atoms with Gasteiger partial charge in [-0.15, -0.1) is 0 Å². The maximum absolute atomic E-state index is 12.2. The van der Waals surface area contributed by atoms with Crippen molar-refractivity contribution in [2.75, 3.05) is 5.75 Å². The molecule has 4 saturated carbocycles. The van der Waals surface area contributed by atoms with E-state index in [1.807, 2.05) is 0 Å². The van der Waals surface area contributed by atoms with E-state index in [1.165, 1.54) is 19.3 Å². The Hall–Kier alpha value is -0.660. The molecular formula is C14H24N2O4S. The second-order valence-corrected chi connectivity index (χ2v) is 8.94. The van der Waals surface area contributed by atoms with Crippen LogP contribution < -0.4 is 11.1 Å². The van der Waals surface area contributed by atoms with Gasteiger partial charge in [-0.25, -0.2) is 0 Å². The maximum Gasteiger partial charge on any atom is 0.264 e. The Bertz CT molecular complexity index is 496. The molecule has 0 aromatic rings. The zero-order valence-electron chi connectivity index (χ0n) is 12.1. The molecule has 0 saturated heterocycles. The fraction of sp³-hybridized carbons (Fsp3) is 0.929. The lowest BCUT2D eigenvalue weighted by molar-refractivity contribution is -0.128. The minimum Gasteiger partial charge on any atom is -0.349 e. The number of hydrogen-bond acceptors (Lipinski definition) is 4. The highest BCUT2D eigenvalue weighted by Crippen LogP contribution is 2.55. The Morgan fingerprint density at radius 1 is 1.19 bits per heavy atom. The van der Waals surface area contributed by atoms with E-state index >= 15 is 0 Å². The number of rotatable bonds is 5. The second-order valence-electron chi connectivity index (χ2n) is 7.37. The van der Waals surface area contributed by atoms with Crippen LogP contribution in [0.2, 0.25) is 0 Å². The van der Waals surface area contributed by atoms with Crippen molar-refractivity contribution in [3.8, 4) is 0 Å². The van der Waals surface area contributed by atoms with Crippen molar-refractivity contribution in [1.29, 1.82) is 0 Å². The van der Waals surface area contributed by atoms with Crippen LogP contribution in [0.4, 0.5) is 0 Å². The van der Waals surface area contributed by atoms with Gasteiger partial charge in [0.2, 0.25) is 5.91 Å². The SMILES string of the molecule is NC(CCS(=O)(=O)O)C(=O)NC12CC3CC(CC(C3)C1)C2. The highest BCUT2D eigenvalue weighted by atomic mass is 32.2. The summed E-state index contributed by atoms with van der Waals surface area (Å²) in [6.07, 6.45) is 6.95. The smallest absolute Gasteiger partial charge is 0.264 e. The summed E-state index contributed by atoms with van der Waals surface area (Å²) in [6.45, 7) is 0. The van der Waals surface area contributed by atoms with E-state index in [-0.39, 0.29) is 17.9 Å². The van der Waals surface area contributed by atoms with Gasteiger partial charge in [-0.3, -0.25) is 9.35 Å². The van der Waals surface area contributed by atoms with Gasteiger partial charge in [0.15, 0.2) is 0 Å². The molecule has 6 nitrogen and oxygen atoms in total. The molecule has 0 aromatic carbocycles. The van der Waals surface area contributed by atoms with Gasteiger partial charge < -0.3 is 11.1 Å². The fourth-order valence-corrected chi connectivity index (χ4v) is 5.58. The number of hydrogen-bond donors (Lipinski definition) is 3. The standard InChI is InChI=1S/C14H24N2O4S/c15-12(1-2-21(18,19)20)13(17)16-14-6-9-3-10(7-14)5-11(4-9)8-14/h9-12H,1-8,15H2,(H,16,17)(H,18,19,20). The minimum absolute atomic E-state index is 0.0446. The summed E-state index contributed by atoms with van der Waals surface area (Å²) in [7, 11) is -4.07. The molecule has 4 aliphatic carbocycles. The highest BCUT2D eigenvalue weighted by molar-refractivity contribution is 7.85. The predicted octanol–water partition coefficient (Wildman–Crippen LogP) is 0.677. The first-order chi connectivity index (χ1) is 9.75. The molecule has 1 unspecified atom stereocenters.